The summed E-state index contributed by atoms with van der Waals surface area (Å²) in [4.78, 5) is 0. The Bertz CT molecular complexity index is 347. The highest BCUT2D eigenvalue weighted by atomic mass is 16.5. The van der Waals surface area contributed by atoms with Gasteiger partial charge in [-0.25, -0.2) is 0 Å². The first-order valence-electron chi connectivity index (χ1n) is 6.45. The van der Waals surface area contributed by atoms with E-state index < -0.39 is 0 Å². The van der Waals surface area contributed by atoms with Crippen LogP contribution in [-0.4, -0.2) is 20.2 Å². The molecule has 0 fully saturated rings. The summed E-state index contributed by atoms with van der Waals surface area (Å²) in [5, 5.41) is 3.38. The fourth-order valence-electron chi connectivity index (χ4n) is 2.16. The Balaban J connectivity index is 2.85. The van der Waals surface area contributed by atoms with Crippen LogP contribution in [0.5, 0.6) is 5.75 Å². The van der Waals surface area contributed by atoms with Crippen LogP contribution in [-0.2, 0) is 12.8 Å². The lowest BCUT2D eigenvalue weighted by atomic mass is 9.95. The minimum atomic E-state index is 0.535. The molecule has 0 radical (unpaired) electrons. The molecule has 0 aromatic heterocycles. The molecule has 1 atom stereocenters. The highest BCUT2D eigenvalue weighted by molar-refractivity contribution is 5.37. The molecular weight excluding hydrogens is 210 g/mol. The summed E-state index contributed by atoms with van der Waals surface area (Å²) in [5.41, 5.74) is 2.68. The van der Waals surface area contributed by atoms with Gasteiger partial charge in [0.2, 0.25) is 0 Å². The Hall–Kier alpha value is -1.02. The molecule has 0 amide bonds. The molecule has 0 heterocycles. The molecule has 96 valence electrons. The SMILES string of the molecule is CCc1cc(CC(NC)C(C)C)ccc1OC. The number of methoxy groups -OCH3 is 1. The molecule has 0 aliphatic heterocycles. The standard InChI is InChI=1S/C15H25NO/c1-6-13-9-12(7-8-15(13)17-5)10-14(16-4)11(2)3/h7-9,11,14,16H,6,10H2,1-5H3. The van der Waals surface area contributed by atoms with E-state index in [0.717, 1.165) is 18.6 Å². The van der Waals surface area contributed by atoms with Crippen molar-refractivity contribution in [3.05, 3.63) is 29.3 Å². The van der Waals surface area contributed by atoms with Gasteiger partial charge in [-0.3, -0.25) is 0 Å². The van der Waals surface area contributed by atoms with Gasteiger partial charge >= 0.3 is 0 Å². The second-order valence-electron chi connectivity index (χ2n) is 4.84. The molecule has 0 bridgehead atoms. The first-order chi connectivity index (χ1) is 8.12. The van der Waals surface area contributed by atoms with Crippen LogP contribution in [0.2, 0.25) is 0 Å². The predicted molar refractivity (Wildman–Crippen MR) is 73.8 cm³/mol. The lowest BCUT2D eigenvalue weighted by molar-refractivity contribution is 0.408. The number of likely N-dealkylation sites (N-methyl/N-ethyl adjacent to an activating group) is 1. The zero-order valence-electron chi connectivity index (χ0n) is 11.7. The fourth-order valence-corrected chi connectivity index (χ4v) is 2.16. The van der Waals surface area contributed by atoms with Gasteiger partial charge in [0.25, 0.3) is 0 Å². The summed E-state index contributed by atoms with van der Waals surface area (Å²) in [6.07, 6.45) is 2.09. The molecule has 0 aliphatic rings. The Morgan fingerprint density at radius 1 is 1.29 bits per heavy atom. The van der Waals surface area contributed by atoms with Crippen molar-refractivity contribution < 1.29 is 4.74 Å². The van der Waals surface area contributed by atoms with E-state index in [1.165, 1.54) is 11.1 Å². The van der Waals surface area contributed by atoms with Gasteiger partial charge in [0, 0.05) is 6.04 Å². The van der Waals surface area contributed by atoms with E-state index in [1.807, 2.05) is 7.05 Å². The topological polar surface area (TPSA) is 21.3 Å². The predicted octanol–water partition coefficient (Wildman–Crippen LogP) is 3.04. The minimum Gasteiger partial charge on any atom is -0.496 e. The van der Waals surface area contributed by atoms with E-state index in [0.29, 0.717) is 12.0 Å². The third-order valence-corrected chi connectivity index (χ3v) is 3.36. The van der Waals surface area contributed by atoms with Gasteiger partial charge < -0.3 is 10.1 Å². The molecule has 0 spiro atoms. The average molecular weight is 235 g/mol. The molecule has 1 aromatic carbocycles. The van der Waals surface area contributed by atoms with Gasteiger partial charge in [-0.15, -0.1) is 0 Å². The van der Waals surface area contributed by atoms with Crippen molar-refractivity contribution in [1.29, 1.82) is 0 Å². The number of rotatable bonds is 6. The Morgan fingerprint density at radius 3 is 2.47 bits per heavy atom. The number of hydrogen-bond donors (Lipinski definition) is 1. The van der Waals surface area contributed by atoms with Crippen molar-refractivity contribution in [2.75, 3.05) is 14.2 Å². The minimum absolute atomic E-state index is 0.535. The van der Waals surface area contributed by atoms with Crippen LogP contribution >= 0.6 is 0 Å². The average Bonchev–Trinajstić information content (AvgIpc) is 2.35. The van der Waals surface area contributed by atoms with Crippen LogP contribution in [0.15, 0.2) is 18.2 Å². The number of benzene rings is 1. The summed E-state index contributed by atoms with van der Waals surface area (Å²) < 4.78 is 5.35. The molecule has 1 rings (SSSR count). The van der Waals surface area contributed by atoms with E-state index in [4.69, 9.17) is 4.74 Å². The van der Waals surface area contributed by atoms with E-state index in [1.54, 1.807) is 7.11 Å². The van der Waals surface area contributed by atoms with Gasteiger partial charge in [0.1, 0.15) is 5.75 Å². The number of hydrogen-bond acceptors (Lipinski definition) is 2. The monoisotopic (exact) mass is 235 g/mol. The fraction of sp³-hybridized carbons (Fsp3) is 0.600. The van der Waals surface area contributed by atoms with Gasteiger partial charge in [-0.2, -0.15) is 0 Å². The quantitative estimate of drug-likeness (QED) is 0.818. The van der Waals surface area contributed by atoms with Crippen LogP contribution in [0.4, 0.5) is 0 Å². The Labute approximate surface area is 105 Å². The maximum absolute atomic E-state index is 5.35. The van der Waals surface area contributed by atoms with Crippen LogP contribution in [0.25, 0.3) is 0 Å². The lowest BCUT2D eigenvalue weighted by Gasteiger charge is -2.20. The summed E-state index contributed by atoms with van der Waals surface area (Å²) in [7, 11) is 3.77. The zero-order chi connectivity index (χ0) is 12.8. The lowest BCUT2D eigenvalue weighted by Crippen LogP contribution is -2.32. The van der Waals surface area contributed by atoms with Crippen LogP contribution in [0.1, 0.15) is 31.9 Å². The smallest absolute Gasteiger partial charge is 0.122 e. The van der Waals surface area contributed by atoms with E-state index >= 15 is 0 Å². The van der Waals surface area contributed by atoms with Crippen molar-refractivity contribution >= 4 is 0 Å². The molecule has 0 aliphatic carbocycles. The third-order valence-electron chi connectivity index (χ3n) is 3.36. The summed E-state index contributed by atoms with van der Waals surface area (Å²) in [6, 6.07) is 7.06. The van der Waals surface area contributed by atoms with Crippen LogP contribution in [0, 0.1) is 5.92 Å². The highest BCUT2D eigenvalue weighted by Gasteiger charge is 2.12. The van der Waals surface area contributed by atoms with Crippen molar-refractivity contribution in [2.45, 2.75) is 39.7 Å². The van der Waals surface area contributed by atoms with E-state index in [9.17, 15) is 0 Å². The maximum atomic E-state index is 5.35. The normalized spacial score (nSPS) is 12.8. The van der Waals surface area contributed by atoms with E-state index in [2.05, 4.69) is 44.3 Å². The van der Waals surface area contributed by atoms with Crippen LogP contribution in [0.3, 0.4) is 0 Å². The molecule has 0 saturated carbocycles. The van der Waals surface area contributed by atoms with Gasteiger partial charge in [0.05, 0.1) is 7.11 Å². The first kappa shape index (κ1) is 14.0. The van der Waals surface area contributed by atoms with Crippen molar-refractivity contribution in [3.63, 3.8) is 0 Å². The second-order valence-corrected chi connectivity index (χ2v) is 4.84. The zero-order valence-corrected chi connectivity index (χ0v) is 11.7. The van der Waals surface area contributed by atoms with Crippen molar-refractivity contribution in [2.24, 2.45) is 5.92 Å². The van der Waals surface area contributed by atoms with Crippen molar-refractivity contribution in [1.82, 2.24) is 5.32 Å². The Kier molecular flexibility index (Phi) is 5.49. The molecule has 2 heteroatoms. The van der Waals surface area contributed by atoms with Gasteiger partial charge in [-0.05, 0) is 43.0 Å². The molecule has 1 N–H and O–H groups in total. The maximum Gasteiger partial charge on any atom is 0.122 e. The van der Waals surface area contributed by atoms with E-state index in [-0.39, 0.29) is 0 Å². The van der Waals surface area contributed by atoms with Crippen molar-refractivity contribution in [3.8, 4) is 5.75 Å². The number of nitrogens with one attached hydrogen (secondary N) is 1. The van der Waals surface area contributed by atoms with Gasteiger partial charge in [-0.1, -0.05) is 32.9 Å². The highest BCUT2D eigenvalue weighted by Crippen LogP contribution is 2.21. The molecule has 0 saturated heterocycles. The third kappa shape index (κ3) is 3.74. The molecular formula is C15H25NO. The second kappa shape index (κ2) is 6.65. The molecule has 2 nitrogen and oxygen atoms in total. The first-order valence-corrected chi connectivity index (χ1v) is 6.45. The van der Waals surface area contributed by atoms with Gasteiger partial charge in [0.15, 0.2) is 0 Å². The summed E-state index contributed by atoms with van der Waals surface area (Å²) in [5.74, 6) is 1.65. The largest absolute Gasteiger partial charge is 0.496 e. The number of ether oxygens (including phenoxy) is 1. The summed E-state index contributed by atoms with van der Waals surface area (Å²) >= 11 is 0. The molecule has 1 aromatic rings. The Morgan fingerprint density at radius 2 is 2.00 bits per heavy atom. The molecule has 1 unspecified atom stereocenters. The number of aryl methyl sites for hydroxylation is 1. The molecule has 17 heavy (non-hydrogen) atoms. The van der Waals surface area contributed by atoms with Crippen LogP contribution < -0.4 is 10.1 Å². The summed E-state index contributed by atoms with van der Waals surface area (Å²) in [6.45, 7) is 6.68.